The highest BCUT2D eigenvalue weighted by Gasteiger charge is 2.37. The van der Waals surface area contributed by atoms with Crippen LogP contribution in [-0.2, 0) is 4.74 Å². The molecule has 0 saturated carbocycles. The molecule has 0 atom stereocenters. The summed E-state index contributed by atoms with van der Waals surface area (Å²) in [6.45, 7) is 1.22. The van der Waals surface area contributed by atoms with Gasteiger partial charge in [-0.25, -0.2) is 9.69 Å². The summed E-state index contributed by atoms with van der Waals surface area (Å²) in [6, 6.07) is 15.4. The van der Waals surface area contributed by atoms with Crippen molar-refractivity contribution < 1.29 is 23.9 Å². The summed E-state index contributed by atoms with van der Waals surface area (Å²) < 4.78 is 5.13. The molecule has 0 radical (unpaired) electrons. The summed E-state index contributed by atoms with van der Waals surface area (Å²) in [6.07, 6.45) is 0. The number of imide groups is 1. The lowest BCUT2D eigenvalue weighted by atomic mass is 10.1. The molecule has 160 valence electrons. The van der Waals surface area contributed by atoms with Crippen LogP contribution in [0.4, 0.5) is 5.69 Å². The smallest absolute Gasteiger partial charge is 0.338 e. The van der Waals surface area contributed by atoms with E-state index in [9.17, 15) is 19.2 Å². The minimum atomic E-state index is -0.767. The van der Waals surface area contributed by atoms with Crippen molar-refractivity contribution in [3.8, 4) is 0 Å². The zero-order valence-corrected chi connectivity index (χ0v) is 18.2. The first-order valence-electron chi connectivity index (χ1n) is 9.52. The number of carbonyl (C=O) groups excluding carboxylic acids is 4. The second-order valence-electron chi connectivity index (χ2n) is 7.12. The Hall–Kier alpha value is -3.48. The Bertz CT molecular complexity index is 1270. The molecule has 32 heavy (non-hydrogen) atoms. The number of Topliss-reactive ketones (excluding diaryl/α,β-unsaturated/α-hetero) is 1. The Morgan fingerprint density at radius 2 is 1.47 bits per heavy atom. The minimum Gasteiger partial charge on any atom is -0.454 e. The second-order valence-corrected chi connectivity index (χ2v) is 7.94. The molecule has 1 heterocycles. The molecule has 3 aromatic rings. The fourth-order valence-corrected chi connectivity index (χ4v) is 3.65. The molecule has 0 spiro atoms. The lowest BCUT2D eigenvalue weighted by Crippen LogP contribution is -2.30. The summed E-state index contributed by atoms with van der Waals surface area (Å²) in [5.41, 5.74) is 1.87. The summed E-state index contributed by atoms with van der Waals surface area (Å²) in [5, 5.41) is 0.522. The predicted octanol–water partition coefficient (Wildman–Crippen LogP) is 5.14. The zero-order chi connectivity index (χ0) is 23.0. The number of aryl methyl sites for hydroxylation is 1. The number of amides is 2. The highest BCUT2D eigenvalue weighted by molar-refractivity contribution is 6.42. The average molecular weight is 468 g/mol. The van der Waals surface area contributed by atoms with Gasteiger partial charge in [0.25, 0.3) is 11.8 Å². The van der Waals surface area contributed by atoms with Gasteiger partial charge < -0.3 is 4.74 Å². The molecular weight excluding hydrogens is 453 g/mol. The number of ketones is 1. The number of nitrogens with zero attached hydrogens (tertiary/aromatic N) is 1. The monoisotopic (exact) mass is 467 g/mol. The number of anilines is 1. The molecule has 2 amide bonds. The number of rotatable bonds is 5. The van der Waals surface area contributed by atoms with E-state index in [0.717, 1.165) is 4.90 Å². The molecule has 3 aromatic carbocycles. The summed E-state index contributed by atoms with van der Waals surface area (Å²) >= 11 is 11.8. The zero-order valence-electron chi connectivity index (χ0n) is 16.7. The van der Waals surface area contributed by atoms with Gasteiger partial charge in [0.15, 0.2) is 12.4 Å². The Balaban J connectivity index is 1.53. The number of benzene rings is 3. The van der Waals surface area contributed by atoms with Crippen LogP contribution in [0.25, 0.3) is 0 Å². The fourth-order valence-electron chi connectivity index (χ4n) is 3.35. The minimum absolute atomic E-state index is 0.101. The van der Waals surface area contributed by atoms with Crippen molar-refractivity contribution in [3.05, 3.63) is 98.5 Å². The largest absolute Gasteiger partial charge is 0.454 e. The summed E-state index contributed by atoms with van der Waals surface area (Å²) in [4.78, 5) is 51.5. The van der Waals surface area contributed by atoms with Gasteiger partial charge in [0.1, 0.15) is 0 Å². The van der Waals surface area contributed by atoms with E-state index in [1.807, 2.05) is 0 Å². The van der Waals surface area contributed by atoms with Crippen molar-refractivity contribution in [2.24, 2.45) is 0 Å². The first-order chi connectivity index (χ1) is 15.3. The number of carbonyl (C=O) groups is 4. The Labute approximate surface area is 193 Å². The van der Waals surface area contributed by atoms with Crippen LogP contribution in [0.5, 0.6) is 0 Å². The van der Waals surface area contributed by atoms with E-state index in [1.54, 1.807) is 37.3 Å². The van der Waals surface area contributed by atoms with Gasteiger partial charge in [-0.15, -0.1) is 0 Å². The highest BCUT2D eigenvalue weighted by Crippen LogP contribution is 2.31. The van der Waals surface area contributed by atoms with Gasteiger partial charge in [-0.3, -0.25) is 14.4 Å². The maximum absolute atomic E-state index is 12.8. The molecule has 1 aliphatic rings. The molecular formula is C24H15Cl2NO5. The molecule has 0 aromatic heterocycles. The van der Waals surface area contributed by atoms with Gasteiger partial charge in [0.05, 0.1) is 32.4 Å². The standard InChI is InChI=1S/C24H15Cl2NO5/c1-13-6-7-15(24(31)32-12-21(28)14-8-9-18(25)19(26)10-14)11-20(13)27-22(29)16-4-2-3-5-17(16)23(27)30/h2-11H,12H2,1H3. The van der Waals surface area contributed by atoms with Gasteiger partial charge in [-0.2, -0.15) is 0 Å². The van der Waals surface area contributed by atoms with Gasteiger partial charge in [-0.05, 0) is 55.0 Å². The lowest BCUT2D eigenvalue weighted by molar-refractivity contribution is 0.0474. The summed E-state index contributed by atoms with van der Waals surface area (Å²) in [5.74, 6) is -2.15. The van der Waals surface area contributed by atoms with Gasteiger partial charge in [0, 0.05) is 5.56 Å². The van der Waals surface area contributed by atoms with Crippen molar-refractivity contribution in [1.29, 1.82) is 0 Å². The molecule has 0 saturated heterocycles. The van der Waals surface area contributed by atoms with E-state index in [2.05, 4.69) is 0 Å². The topological polar surface area (TPSA) is 80.8 Å². The van der Waals surface area contributed by atoms with Crippen molar-refractivity contribution in [3.63, 3.8) is 0 Å². The van der Waals surface area contributed by atoms with Crippen LogP contribution in [0.2, 0.25) is 10.0 Å². The number of hydrogen-bond donors (Lipinski definition) is 0. The molecule has 0 N–H and O–H groups in total. The number of hydrogen-bond acceptors (Lipinski definition) is 5. The van der Waals surface area contributed by atoms with Crippen LogP contribution in [-0.4, -0.2) is 30.2 Å². The second kappa shape index (κ2) is 8.57. The number of fused-ring (bicyclic) bond motifs is 1. The molecule has 0 bridgehead atoms. The maximum Gasteiger partial charge on any atom is 0.338 e. The molecule has 0 unspecified atom stereocenters. The Morgan fingerprint density at radius 3 is 2.09 bits per heavy atom. The van der Waals surface area contributed by atoms with E-state index >= 15 is 0 Å². The maximum atomic E-state index is 12.8. The van der Waals surface area contributed by atoms with Crippen molar-refractivity contribution in [2.45, 2.75) is 6.92 Å². The molecule has 4 rings (SSSR count). The van der Waals surface area contributed by atoms with Crippen LogP contribution >= 0.6 is 23.2 Å². The number of esters is 1. The lowest BCUT2D eigenvalue weighted by Gasteiger charge is -2.17. The fraction of sp³-hybridized carbons (Fsp3) is 0.0833. The van der Waals surface area contributed by atoms with E-state index in [-0.39, 0.29) is 21.8 Å². The SMILES string of the molecule is Cc1ccc(C(=O)OCC(=O)c2ccc(Cl)c(Cl)c2)cc1N1C(=O)c2ccccc2C1=O. The van der Waals surface area contributed by atoms with Crippen molar-refractivity contribution >= 4 is 52.5 Å². The quantitative estimate of drug-likeness (QED) is 0.294. The normalized spacial score (nSPS) is 12.7. The van der Waals surface area contributed by atoms with Gasteiger partial charge >= 0.3 is 5.97 Å². The molecule has 1 aliphatic heterocycles. The molecule has 8 heteroatoms. The Morgan fingerprint density at radius 1 is 0.844 bits per heavy atom. The average Bonchev–Trinajstić information content (AvgIpc) is 3.04. The number of ether oxygens (including phenoxy) is 1. The first kappa shape index (κ1) is 21.7. The van der Waals surface area contributed by atoms with Crippen molar-refractivity contribution in [1.82, 2.24) is 0 Å². The third-order valence-electron chi connectivity index (χ3n) is 5.06. The van der Waals surface area contributed by atoms with Crippen LogP contribution in [0, 0.1) is 6.92 Å². The van der Waals surface area contributed by atoms with Crippen LogP contribution in [0.3, 0.4) is 0 Å². The van der Waals surface area contributed by atoms with Crippen LogP contribution < -0.4 is 4.90 Å². The molecule has 6 nitrogen and oxygen atoms in total. The van der Waals surface area contributed by atoms with Gasteiger partial charge in [-0.1, -0.05) is 41.4 Å². The number of halogens is 2. The third kappa shape index (κ3) is 3.90. The van der Waals surface area contributed by atoms with E-state index in [0.29, 0.717) is 21.7 Å². The van der Waals surface area contributed by atoms with Crippen LogP contribution in [0.15, 0.2) is 60.7 Å². The van der Waals surface area contributed by atoms with Crippen LogP contribution in [0.1, 0.15) is 47.0 Å². The third-order valence-corrected chi connectivity index (χ3v) is 5.79. The predicted molar refractivity (Wildman–Crippen MR) is 120 cm³/mol. The highest BCUT2D eigenvalue weighted by atomic mass is 35.5. The molecule has 0 aliphatic carbocycles. The van der Waals surface area contributed by atoms with E-state index in [1.165, 1.54) is 30.3 Å². The molecule has 0 fully saturated rings. The van der Waals surface area contributed by atoms with Gasteiger partial charge in [0.2, 0.25) is 0 Å². The first-order valence-corrected chi connectivity index (χ1v) is 10.3. The van der Waals surface area contributed by atoms with E-state index in [4.69, 9.17) is 27.9 Å². The van der Waals surface area contributed by atoms with Crippen molar-refractivity contribution in [2.75, 3.05) is 11.5 Å². The Kier molecular flexibility index (Phi) is 5.82. The summed E-state index contributed by atoms with van der Waals surface area (Å²) in [7, 11) is 0. The van der Waals surface area contributed by atoms with E-state index < -0.39 is 30.2 Å².